The number of aromatic nitrogens is 4. The van der Waals surface area contributed by atoms with Crippen LogP contribution in [0.25, 0.3) is 0 Å². The predicted octanol–water partition coefficient (Wildman–Crippen LogP) is 3.12. The van der Waals surface area contributed by atoms with E-state index < -0.39 is 0 Å². The summed E-state index contributed by atoms with van der Waals surface area (Å²) in [5.41, 5.74) is 6.16. The van der Waals surface area contributed by atoms with Gasteiger partial charge in [-0.2, -0.15) is 15.1 Å². The Morgan fingerprint density at radius 2 is 2.02 bits per heavy atom. The number of likely N-dealkylation sites (N-methyl/N-ethyl adjacent to an activating group) is 1. The summed E-state index contributed by atoms with van der Waals surface area (Å²) < 4.78 is 6.32. The van der Waals surface area contributed by atoms with Crippen molar-refractivity contribution in [2.24, 2.45) is 0 Å². The molecule has 10 nitrogen and oxygen atoms in total. The minimum Gasteiger partial charge on any atom is -0.462 e. The van der Waals surface area contributed by atoms with E-state index in [4.69, 9.17) is 14.7 Å². The van der Waals surface area contributed by atoms with Crippen molar-refractivity contribution in [2.45, 2.75) is 63.3 Å². The molecule has 2 aromatic heterocycles. The lowest BCUT2D eigenvalue weighted by Gasteiger charge is -2.42. The van der Waals surface area contributed by atoms with E-state index in [1.807, 2.05) is 11.0 Å². The van der Waals surface area contributed by atoms with Gasteiger partial charge in [-0.15, -0.1) is 0 Å². The van der Waals surface area contributed by atoms with Crippen LogP contribution in [-0.2, 0) is 30.7 Å². The summed E-state index contributed by atoms with van der Waals surface area (Å²) in [6, 6.07) is 12.0. The molecule has 1 aromatic carbocycles. The number of aryl methyl sites for hydroxylation is 1. The maximum atomic E-state index is 12.8. The lowest BCUT2D eigenvalue weighted by molar-refractivity contribution is -0.128. The van der Waals surface area contributed by atoms with Crippen LogP contribution in [-0.4, -0.2) is 92.7 Å². The molecule has 4 aliphatic rings. The number of nitrogens with zero attached hydrogens (tertiary/aromatic N) is 7. The predicted molar refractivity (Wildman–Crippen MR) is 160 cm³/mol. The molecule has 3 atom stereocenters. The van der Waals surface area contributed by atoms with Crippen LogP contribution in [0.2, 0.25) is 0 Å². The van der Waals surface area contributed by atoms with Gasteiger partial charge in [0.25, 0.3) is 0 Å². The van der Waals surface area contributed by atoms with Gasteiger partial charge in [0, 0.05) is 68.7 Å². The van der Waals surface area contributed by atoms with Crippen molar-refractivity contribution in [1.82, 2.24) is 34.9 Å². The highest BCUT2D eigenvalue weighted by atomic mass is 16.5. The molecule has 0 spiro atoms. The molecule has 0 saturated carbocycles. The first-order valence-electron chi connectivity index (χ1n) is 15.3. The number of amides is 1. The van der Waals surface area contributed by atoms with E-state index in [-0.39, 0.29) is 11.9 Å². The summed E-state index contributed by atoms with van der Waals surface area (Å²) in [4.78, 5) is 32.1. The minimum atomic E-state index is -0.0390. The fourth-order valence-corrected chi connectivity index (χ4v) is 7.34. The van der Waals surface area contributed by atoms with Crippen LogP contribution in [0.3, 0.4) is 0 Å². The van der Waals surface area contributed by atoms with Crippen molar-refractivity contribution < 1.29 is 9.53 Å². The second-order valence-electron chi connectivity index (χ2n) is 12.1. The zero-order valence-corrected chi connectivity index (χ0v) is 24.4. The highest BCUT2D eigenvalue weighted by Gasteiger charge is 2.38. The first kappa shape index (κ1) is 27.1. The highest BCUT2D eigenvalue weighted by Crippen LogP contribution is 2.42. The number of fused-ring (bicyclic) bond motifs is 2. The molecule has 5 heterocycles. The Morgan fingerprint density at radius 1 is 1.12 bits per heavy atom. The van der Waals surface area contributed by atoms with Crippen molar-refractivity contribution >= 4 is 11.7 Å². The third kappa shape index (κ3) is 5.18. The number of carbonyl (C=O) groups is 1. The van der Waals surface area contributed by atoms with E-state index in [0.29, 0.717) is 50.8 Å². The number of hydrogen-bond acceptors (Lipinski definition) is 8. The molecule has 1 unspecified atom stereocenters. The molecular formula is C32H40N8O2. The van der Waals surface area contributed by atoms with Gasteiger partial charge in [0.05, 0.1) is 11.7 Å². The molecule has 42 heavy (non-hydrogen) atoms. The number of H-pyrrole nitrogens is 1. The maximum Gasteiger partial charge on any atom is 0.318 e. The lowest BCUT2D eigenvalue weighted by atomic mass is 10.0. The van der Waals surface area contributed by atoms with Gasteiger partial charge in [-0.3, -0.25) is 14.8 Å². The van der Waals surface area contributed by atoms with Gasteiger partial charge in [-0.05, 0) is 62.5 Å². The van der Waals surface area contributed by atoms with Gasteiger partial charge in [0.15, 0.2) is 0 Å². The fraction of sp³-hybridized carbons (Fsp3) is 0.500. The summed E-state index contributed by atoms with van der Waals surface area (Å²) >= 11 is 0. The molecule has 3 aromatic rings. The molecule has 0 radical (unpaired) electrons. The van der Waals surface area contributed by atoms with E-state index in [1.165, 1.54) is 29.2 Å². The molecule has 10 heteroatoms. The maximum absolute atomic E-state index is 12.8. The van der Waals surface area contributed by atoms with Gasteiger partial charge in [0.1, 0.15) is 12.4 Å². The molecule has 0 bridgehead atoms. The van der Waals surface area contributed by atoms with E-state index >= 15 is 0 Å². The summed E-state index contributed by atoms with van der Waals surface area (Å²) in [6.07, 6.45) is 8.44. The van der Waals surface area contributed by atoms with Crippen LogP contribution in [0.4, 0.5) is 5.82 Å². The smallest absolute Gasteiger partial charge is 0.318 e. The number of piperazine rings is 1. The minimum absolute atomic E-state index is 0.0361. The monoisotopic (exact) mass is 568 g/mol. The highest BCUT2D eigenvalue weighted by molar-refractivity contribution is 5.87. The Balaban J connectivity index is 1.18. The van der Waals surface area contributed by atoms with E-state index in [9.17, 15) is 4.79 Å². The third-order valence-electron chi connectivity index (χ3n) is 9.64. The van der Waals surface area contributed by atoms with Crippen molar-refractivity contribution in [3.63, 3.8) is 0 Å². The quantitative estimate of drug-likeness (QED) is 0.415. The van der Waals surface area contributed by atoms with Gasteiger partial charge in [-0.25, -0.2) is 0 Å². The topological polar surface area (TPSA) is 93.7 Å². The molecule has 1 aliphatic carbocycles. The first-order chi connectivity index (χ1) is 20.6. The Kier molecular flexibility index (Phi) is 7.41. The Morgan fingerprint density at radius 3 is 2.83 bits per heavy atom. The van der Waals surface area contributed by atoms with Crippen LogP contribution in [0.5, 0.6) is 6.01 Å². The second kappa shape index (κ2) is 11.5. The summed E-state index contributed by atoms with van der Waals surface area (Å²) in [7, 11) is 2.16. The number of ether oxygens (including phenoxy) is 1. The van der Waals surface area contributed by atoms with Gasteiger partial charge < -0.3 is 19.4 Å². The second-order valence-corrected chi connectivity index (χ2v) is 12.1. The van der Waals surface area contributed by atoms with Crippen LogP contribution in [0.15, 0.2) is 49.2 Å². The van der Waals surface area contributed by atoms with Crippen molar-refractivity contribution in [3.05, 3.63) is 77.3 Å². The van der Waals surface area contributed by atoms with Crippen molar-refractivity contribution in [2.75, 3.05) is 44.7 Å². The molecule has 7 rings (SSSR count). The van der Waals surface area contributed by atoms with E-state index in [1.54, 1.807) is 6.20 Å². The molecule has 220 valence electrons. The number of rotatable bonds is 8. The molecular weight excluding hydrogens is 528 g/mol. The zero-order chi connectivity index (χ0) is 28.6. The van der Waals surface area contributed by atoms with E-state index in [2.05, 4.69) is 62.8 Å². The molecule has 1 N–H and O–H groups in total. The Labute approximate surface area is 247 Å². The summed E-state index contributed by atoms with van der Waals surface area (Å²) in [6.45, 7) is 9.01. The fourth-order valence-electron chi connectivity index (χ4n) is 7.34. The SMILES string of the molecule is C=CC(=O)N1CCN(c2nc(OC[C@@H]3CCCN3C)nc3c2CN(C2CCc4ccccc42)C3)C[C@@H]1Cc1ccn[nH]1. The van der Waals surface area contributed by atoms with Crippen LogP contribution in [0.1, 0.15) is 53.4 Å². The normalized spacial score (nSPS) is 24.2. The number of anilines is 1. The molecule has 2 fully saturated rings. The number of benzene rings is 1. The zero-order valence-electron chi connectivity index (χ0n) is 24.4. The van der Waals surface area contributed by atoms with Crippen molar-refractivity contribution in [1.29, 1.82) is 0 Å². The van der Waals surface area contributed by atoms with Crippen LogP contribution < -0.4 is 9.64 Å². The van der Waals surface area contributed by atoms with Crippen LogP contribution in [0, 0.1) is 0 Å². The Bertz CT molecular complexity index is 1440. The third-order valence-corrected chi connectivity index (χ3v) is 9.64. The Hall–Kier alpha value is -3.76. The number of aromatic amines is 1. The van der Waals surface area contributed by atoms with Gasteiger partial charge in [-0.1, -0.05) is 30.8 Å². The standard InChI is InChI=1S/C32H40N8O2/c1-3-30(41)40-16-15-38(18-25(40)17-23-12-13-33-36-23)31-27-19-39(29-11-10-22-7-4-5-9-26(22)29)20-28(27)34-32(35-31)42-21-24-8-6-14-37(24)2/h3-5,7,9,12-13,24-25,29H,1,6,8,10-11,14-21H2,2H3,(H,33,36)/t24-,25-,29?/m0/s1. The van der Waals surface area contributed by atoms with Crippen LogP contribution >= 0.6 is 0 Å². The van der Waals surface area contributed by atoms with Gasteiger partial charge >= 0.3 is 6.01 Å². The number of nitrogens with one attached hydrogen (secondary N) is 1. The van der Waals surface area contributed by atoms with Crippen molar-refractivity contribution in [3.8, 4) is 6.01 Å². The van der Waals surface area contributed by atoms with E-state index in [0.717, 1.165) is 56.1 Å². The molecule has 1 amide bonds. The lowest BCUT2D eigenvalue weighted by Crippen LogP contribution is -2.56. The van der Waals surface area contributed by atoms with Gasteiger partial charge in [0.2, 0.25) is 5.91 Å². The summed E-state index contributed by atoms with van der Waals surface area (Å²) in [5, 5.41) is 7.20. The number of hydrogen-bond donors (Lipinski definition) is 1. The average molecular weight is 569 g/mol. The summed E-state index contributed by atoms with van der Waals surface area (Å²) in [5.74, 6) is 0.909. The largest absolute Gasteiger partial charge is 0.462 e. The molecule has 2 saturated heterocycles. The first-order valence-corrected chi connectivity index (χ1v) is 15.3. The number of likely N-dealkylation sites (tertiary alicyclic amines) is 1. The number of carbonyl (C=O) groups excluding carboxylic acids is 1. The molecule has 3 aliphatic heterocycles. The average Bonchev–Trinajstić information content (AvgIpc) is 3.82.